The van der Waals surface area contributed by atoms with Crippen LogP contribution in [0.1, 0.15) is 15.7 Å². The molecular weight excluding hydrogens is 410 g/mol. The predicted molar refractivity (Wildman–Crippen MR) is 110 cm³/mol. The number of thiophene rings is 1. The van der Waals surface area contributed by atoms with E-state index in [1.165, 1.54) is 23.5 Å². The lowest BCUT2D eigenvalue weighted by Gasteiger charge is -2.17. The van der Waals surface area contributed by atoms with Crippen molar-refractivity contribution in [3.05, 3.63) is 82.8 Å². The maximum atomic E-state index is 13.1. The van der Waals surface area contributed by atoms with Gasteiger partial charge in [-0.2, -0.15) is 0 Å². The number of amides is 2. The molecule has 0 saturated carbocycles. The molecular formula is C20H19N3O4S2. The fourth-order valence-corrected chi connectivity index (χ4v) is 5.45. The number of carbonyl (C=O) groups is 2. The van der Waals surface area contributed by atoms with Gasteiger partial charge >= 0.3 is 11.8 Å². The van der Waals surface area contributed by atoms with Crippen LogP contribution < -0.4 is 10.6 Å². The van der Waals surface area contributed by atoms with Gasteiger partial charge in [-0.15, -0.1) is 11.3 Å². The van der Waals surface area contributed by atoms with Gasteiger partial charge in [-0.3, -0.25) is 14.6 Å². The van der Waals surface area contributed by atoms with Crippen LogP contribution in [0.3, 0.4) is 0 Å². The van der Waals surface area contributed by atoms with Crippen LogP contribution in [0, 0.1) is 0 Å². The molecule has 2 aromatic heterocycles. The van der Waals surface area contributed by atoms with E-state index in [0.717, 1.165) is 5.56 Å². The smallest absolute Gasteiger partial charge is 0.309 e. The van der Waals surface area contributed by atoms with Crippen molar-refractivity contribution in [3.63, 3.8) is 0 Å². The molecule has 7 nitrogen and oxygen atoms in total. The largest absolute Gasteiger partial charge is 0.346 e. The second kappa shape index (κ2) is 9.44. The Morgan fingerprint density at radius 2 is 1.72 bits per heavy atom. The lowest BCUT2D eigenvalue weighted by molar-refractivity contribution is -0.139. The van der Waals surface area contributed by atoms with Crippen molar-refractivity contribution in [2.45, 2.75) is 16.7 Å². The van der Waals surface area contributed by atoms with Crippen molar-refractivity contribution in [1.29, 1.82) is 0 Å². The zero-order chi connectivity index (χ0) is 20.7. The third-order valence-electron chi connectivity index (χ3n) is 4.14. The molecule has 29 heavy (non-hydrogen) atoms. The topological polar surface area (TPSA) is 105 Å². The molecule has 0 spiro atoms. The SMILES string of the molecule is O=C(NCc1cccnc1)C(=O)NCC(c1cccs1)S(=O)(=O)c1ccccc1. The first-order valence-electron chi connectivity index (χ1n) is 8.76. The Morgan fingerprint density at radius 3 is 2.38 bits per heavy atom. The number of nitrogens with one attached hydrogen (secondary N) is 2. The van der Waals surface area contributed by atoms with E-state index in [4.69, 9.17) is 0 Å². The number of pyridine rings is 1. The minimum Gasteiger partial charge on any atom is -0.346 e. The van der Waals surface area contributed by atoms with Gasteiger partial charge in [-0.25, -0.2) is 8.42 Å². The Morgan fingerprint density at radius 1 is 0.966 bits per heavy atom. The van der Waals surface area contributed by atoms with E-state index in [9.17, 15) is 18.0 Å². The summed E-state index contributed by atoms with van der Waals surface area (Å²) in [7, 11) is -3.74. The van der Waals surface area contributed by atoms with Gasteiger partial charge < -0.3 is 10.6 Å². The van der Waals surface area contributed by atoms with Crippen LogP contribution in [-0.4, -0.2) is 31.8 Å². The lowest BCUT2D eigenvalue weighted by atomic mass is 10.3. The van der Waals surface area contributed by atoms with Crippen molar-refractivity contribution in [3.8, 4) is 0 Å². The van der Waals surface area contributed by atoms with Gasteiger partial charge in [0.2, 0.25) is 0 Å². The monoisotopic (exact) mass is 429 g/mol. The van der Waals surface area contributed by atoms with E-state index in [-0.39, 0.29) is 18.0 Å². The van der Waals surface area contributed by atoms with Crippen LogP contribution >= 0.6 is 11.3 Å². The van der Waals surface area contributed by atoms with E-state index in [2.05, 4.69) is 15.6 Å². The molecule has 1 aromatic carbocycles. The molecule has 0 aliphatic heterocycles. The van der Waals surface area contributed by atoms with Crippen molar-refractivity contribution in [2.75, 3.05) is 6.54 Å². The maximum absolute atomic E-state index is 13.1. The molecule has 0 bridgehead atoms. The number of benzene rings is 1. The van der Waals surface area contributed by atoms with Crippen molar-refractivity contribution < 1.29 is 18.0 Å². The fraction of sp³-hybridized carbons (Fsp3) is 0.150. The molecule has 1 unspecified atom stereocenters. The molecule has 0 aliphatic carbocycles. The number of hydrogen-bond acceptors (Lipinski definition) is 6. The Bertz CT molecular complexity index is 1050. The number of rotatable bonds is 7. The van der Waals surface area contributed by atoms with E-state index in [0.29, 0.717) is 4.88 Å². The Hall–Kier alpha value is -3.04. The molecule has 0 fully saturated rings. The third-order valence-corrected chi connectivity index (χ3v) is 7.37. The van der Waals surface area contributed by atoms with Crippen LogP contribution in [0.4, 0.5) is 0 Å². The minimum atomic E-state index is -3.74. The fourth-order valence-electron chi connectivity index (χ4n) is 2.64. The van der Waals surface area contributed by atoms with Crippen molar-refractivity contribution in [1.82, 2.24) is 15.6 Å². The Balaban J connectivity index is 1.67. The van der Waals surface area contributed by atoms with Crippen LogP contribution in [0.5, 0.6) is 0 Å². The second-order valence-electron chi connectivity index (χ2n) is 6.12. The predicted octanol–water partition coefficient (Wildman–Crippen LogP) is 2.09. The summed E-state index contributed by atoms with van der Waals surface area (Å²) in [6.45, 7) is -0.0619. The van der Waals surface area contributed by atoms with E-state index < -0.39 is 26.9 Å². The number of sulfone groups is 1. The first-order valence-corrected chi connectivity index (χ1v) is 11.2. The highest BCUT2D eigenvalue weighted by atomic mass is 32.2. The average molecular weight is 430 g/mol. The zero-order valence-corrected chi connectivity index (χ0v) is 16.9. The molecule has 0 saturated heterocycles. The van der Waals surface area contributed by atoms with Crippen LogP contribution in [-0.2, 0) is 26.0 Å². The minimum absolute atomic E-state index is 0.150. The van der Waals surface area contributed by atoms with Gasteiger partial charge in [0, 0.05) is 30.4 Å². The van der Waals surface area contributed by atoms with Gasteiger partial charge in [0.25, 0.3) is 0 Å². The molecule has 9 heteroatoms. The first kappa shape index (κ1) is 20.7. The molecule has 1 atom stereocenters. The number of carbonyl (C=O) groups excluding carboxylic acids is 2. The summed E-state index contributed by atoms with van der Waals surface area (Å²) in [6.07, 6.45) is 3.19. The van der Waals surface area contributed by atoms with E-state index in [1.807, 2.05) is 0 Å². The summed E-state index contributed by atoms with van der Waals surface area (Å²) in [5.41, 5.74) is 0.747. The molecule has 2 amide bonds. The van der Waals surface area contributed by atoms with Crippen LogP contribution in [0.2, 0.25) is 0 Å². The highest BCUT2D eigenvalue weighted by Gasteiger charge is 2.31. The number of nitrogens with zero attached hydrogens (tertiary/aromatic N) is 1. The van der Waals surface area contributed by atoms with Gasteiger partial charge in [0.15, 0.2) is 9.84 Å². The molecule has 3 rings (SSSR count). The third kappa shape index (κ3) is 5.27. The number of aromatic nitrogens is 1. The number of hydrogen-bond donors (Lipinski definition) is 2. The average Bonchev–Trinajstić information content (AvgIpc) is 3.27. The van der Waals surface area contributed by atoms with Crippen LogP contribution in [0.15, 0.2) is 77.3 Å². The second-order valence-corrected chi connectivity index (χ2v) is 9.23. The van der Waals surface area contributed by atoms with Crippen molar-refractivity contribution >= 4 is 33.0 Å². The quantitative estimate of drug-likeness (QED) is 0.560. The molecule has 0 aliphatic rings. The summed E-state index contributed by atoms with van der Waals surface area (Å²) >= 11 is 1.28. The Kier molecular flexibility index (Phi) is 6.73. The van der Waals surface area contributed by atoms with E-state index >= 15 is 0 Å². The summed E-state index contributed by atoms with van der Waals surface area (Å²) in [6, 6.07) is 15.0. The zero-order valence-electron chi connectivity index (χ0n) is 15.3. The highest BCUT2D eigenvalue weighted by Crippen LogP contribution is 2.31. The molecule has 0 radical (unpaired) electrons. The van der Waals surface area contributed by atoms with Gasteiger partial charge in [0.1, 0.15) is 5.25 Å². The summed E-state index contributed by atoms with van der Waals surface area (Å²) < 4.78 is 26.1. The molecule has 2 heterocycles. The van der Waals surface area contributed by atoms with Gasteiger partial charge in [-0.1, -0.05) is 30.3 Å². The molecule has 3 aromatic rings. The van der Waals surface area contributed by atoms with Gasteiger partial charge in [-0.05, 0) is 35.2 Å². The van der Waals surface area contributed by atoms with Crippen LogP contribution in [0.25, 0.3) is 0 Å². The Labute approximate surface area is 172 Å². The molecule has 150 valence electrons. The highest BCUT2D eigenvalue weighted by molar-refractivity contribution is 7.91. The summed E-state index contributed by atoms with van der Waals surface area (Å²) in [4.78, 5) is 28.9. The van der Waals surface area contributed by atoms with Crippen molar-refractivity contribution in [2.24, 2.45) is 0 Å². The van der Waals surface area contributed by atoms with Gasteiger partial charge in [0.05, 0.1) is 4.90 Å². The summed E-state index contributed by atoms with van der Waals surface area (Å²) in [5, 5.41) is 5.72. The van der Waals surface area contributed by atoms with E-state index in [1.54, 1.807) is 60.2 Å². The lowest BCUT2D eigenvalue weighted by Crippen LogP contribution is -2.42. The first-order chi connectivity index (χ1) is 14.0. The standard InChI is InChI=1S/C20H19N3O4S2/c24-19(22-13-15-6-4-10-21-12-15)20(25)23-14-18(17-9-5-11-28-17)29(26,27)16-7-2-1-3-8-16/h1-12,18H,13-14H2,(H,22,24)(H,23,25). The summed E-state index contributed by atoms with van der Waals surface area (Å²) in [5.74, 6) is -1.73. The normalized spacial score (nSPS) is 12.1. The molecule has 2 N–H and O–H groups in total. The maximum Gasteiger partial charge on any atom is 0.309 e.